The first-order valence-corrected chi connectivity index (χ1v) is 14.7. The number of likely N-dealkylation sites (tertiary alicyclic amines) is 1. The molecule has 234 valence electrons. The third-order valence-electron chi connectivity index (χ3n) is 7.72. The van der Waals surface area contributed by atoms with Crippen LogP contribution in [0.15, 0.2) is 65.6 Å². The molecule has 1 aliphatic rings. The van der Waals surface area contributed by atoms with E-state index >= 15 is 0 Å². The van der Waals surface area contributed by atoms with Crippen molar-refractivity contribution >= 4 is 22.9 Å². The molecule has 1 aliphatic heterocycles. The molecule has 2 aromatic heterocycles. The summed E-state index contributed by atoms with van der Waals surface area (Å²) in [6.07, 6.45) is 1.62. The summed E-state index contributed by atoms with van der Waals surface area (Å²) in [5, 5.41) is 0. The largest absolute Gasteiger partial charge is 0.497 e. The summed E-state index contributed by atoms with van der Waals surface area (Å²) in [4.78, 5) is 38.3. The van der Waals surface area contributed by atoms with Gasteiger partial charge in [-0.2, -0.15) is 0 Å². The molecule has 0 saturated carbocycles. The van der Waals surface area contributed by atoms with Crippen molar-refractivity contribution in [2.45, 2.75) is 58.0 Å². The highest BCUT2D eigenvalue weighted by atomic mass is 16.6. The minimum Gasteiger partial charge on any atom is -0.497 e. The lowest BCUT2D eigenvalue weighted by molar-refractivity contribution is -0.0174. The van der Waals surface area contributed by atoms with Crippen LogP contribution in [0.3, 0.4) is 0 Å². The molecule has 1 N–H and O–H groups in total. The molecule has 0 radical (unpaired) electrons. The number of methoxy groups -OCH3 is 3. The van der Waals surface area contributed by atoms with Crippen LogP contribution in [-0.4, -0.2) is 71.7 Å². The van der Waals surface area contributed by atoms with Crippen LogP contribution in [0.1, 0.15) is 44.4 Å². The molecule has 11 heteroatoms. The lowest BCUT2D eigenvalue weighted by Gasteiger charge is -2.38. The number of H-pyrrole nitrogens is 1. The van der Waals surface area contributed by atoms with Gasteiger partial charge in [-0.05, 0) is 68.7 Å². The van der Waals surface area contributed by atoms with Gasteiger partial charge in [0.1, 0.15) is 22.6 Å². The number of rotatable bonds is 9. The van der Waals surface area contributed by atoms with E-state index in [1.807, 2.05) is 75.4 Å². The number of imidazole rings is 1. The van der Waals surface area contributed by atoms with E-state index in [9.17, 15) is 9.59 Å². The third-order valence-corrected chi connectivity index (χ3v) is 7.72. The molecule has 5 rings (SSSR count). The lowest BCUT2D eigenvalue weighted by Crippen LogP contribution is -2.50. The number of hydrogen-bond donors (Lipinski definition) is 1. The molecule has 0 unspecified atom stereocenters. The van der Waals surface area contributed by atoms with Gasteiger partial charge in [-0.15, -0.1) is 0 Å². The van der Waals surface area contributed by atoms with Gasteiger partial charge in [-0.3, -0.25) is 4.57 Å². The molecule has 2 aromatic carbocycles. The molecule has 1 amide bonds. The molecule has 0 spiro atoms. The smallest absolute Gasteiger partial charge is 0.410 e. The summed E-state index contributed by atoms with van der Waals surface area (Å²) < 4.78 is 23.8. The van der Waals surface area contributed by atoms with Crippen molar-refractivity contribution in [3.05, 3.63) is 82.4 Å². The van der Waals surface area contributed by atoms with Crippen LogP contribution in [0.25, 0.3) is 11.0 Å². The number of fused-ring (bicyclic) bond motifs is 1. The maximum Gasteiger partial charge on any atom is 0.410 e. The van der Waals surface area contributed by atoms with Gasteiger partial charge in [-0.25, -0.2) is 14.6 Å². The number of piperidine rings is 1. The summed E-state index contributed by atoms with van der Waals surface area (Å²) in [7, 11) is 4.91. The molecule has 3 heterocycles. The van der Waals surface area contributed by atoms with Gasteiger partial charge in [0, 0.05) is 32.9 Å². The first-order valence-electron chi connectivity index (χ1n) is 14.7. The molecule has 1 fully saturated rings. The van der Waals surface area contributed by atoms with Crippen molar-refractivity contribution < 1.29 is 23.7 Å². The summed E-state index contributed by atoms with van der Waals surface area (Å²) >= 11 is 0. The maximum absolute atomic E-state index is 13.6. The van der Waals surface area contributed by atoms with E-state index < -0.39 is 11.7 Å². The number of anilines is 1. The van der Waals surface area contributed by atoms with E-state index in [0.29, 0.717) is 49.5 Å². The fourth-order valence-corrected chi connectivity index (χ4v) is 5.61. The van der Waals surface area contributed by atoms with Crippen molar-refractivity contribution in [1.82, 2.24) is 19.4 Å². The minimum absolute atomic E-state index is 0.249. The van der Waals surface area contributed by atoms with Crippen LogP contribution in [-0.2, 0) is 22.6 Å². The van der Waals surface area contributed by atoms with Gasteiger partial charge in [0.2, 0.25) is 0 Å². The highest BCUT2D eigenvalue weighted by Gasteiger charge is 2.35. The number of benzene rings is 2. The van der Waals surface area contributed by atoms with Gasteiger partial charge >= 0.3 is 11.8 Å². The predicted octanol–water partition coefficient (Wildman–Crippen LogP) is 5.15. The molecule has 4 aromatic rings. The van der Waals surface area contributed by atoms with Crippen LogP contribution >= 0.6 is 0 Å². The van der Waals surface area contributed by atoms with E-state index in [1.165, 1.54) is 0 Å². The summed E-state index contributed by atoms with van der Waals surface area (Å²) in [5.41, 5.74) is 2.55. The zero-order valence-electron chi connectivity index (χ0n) is 26.2. The quantitative estimate of drug-likeness (QED) is 0.280. The van der Waals surface area contributed by atoms with Crippen LogP contribution in [0.2, 0.25) is 0 Å². The van der Waals surface area contributed by atoms with E-state index in [0.717, 1.165) is 22.6 Å². The van der Waals surface area contributed by atoms with E-state index in [2.05, 4.69) is 9.88 Å². The Bertz CT molecular complexity index is 1570. The molecular weight excluding hydrogens is 562 g/mol. The Labute approximate surface area is 257 Å². The Morgan fingerprint density at radius 3 is 2.05 bits per heavy atom. The number of hydrogen-bond acceptors (Lipinski definition) is 8. The Morgan fingerprint density at radius 1 is 0.932 bits per heavy atom. The highest BCUT2D eigenvalue weighted by Crippen LogP contribution is 2.31. The molecule has 2 atom stereocenters. The second-order valence-corrected chi connectivity index (χ2v) is 12.0. The van der Waals surface area contributed by atoms with Crippen molar-refractivity contribution in [3.63, 3.8) is 0 Å². The van der Waals surface area contributed by atoms with Crippen molar-refractivity contribution in [3.8, 4) is 11.5 Å². The van der Waals surface area contributed by atoms with Crippen LogP contribution in [0, 0.1) is 0 Å². The number of aromatic amines is 1. The first-order chi connectivity index (χ1) is 21.1. The molecule has 0 aliphatic carbocycles. The highest BCUT2D eigenvalue weighted by molar-refractivity contribution is 5.86. The van der Waals surface area contributed by atoms with Gasteiger partial charge in [-0.1, -0.05) is 24.3 Å². The number of amides is 1. The maximum atomic E-state index is 13.6. The second kappa shape index (κ2) is 13.0. The van der Waals surface area contributed by atoms with Crippen LogP contribution < -0.4 is 20.1 Å². The topological polar surface area (TPSA) is 111 Å². The number of nitrogens with zero attached hydrogens (tertiary/aromatic N) is 4. The standard InChI is InChI=1S/C33H41N5O6/c1-33(2,3)44-32(40)37-20-24(17-27(21-37)43-6)38-28-15-16-34-30(29(28)35-31(38)39)36(18-22-7-11-25(41-4)12-8-22)19-23-9-13-26(42-5)14-10-23/h7-16,24,27H,17-21H2,1-6H3,(H,35,39)/t24-,27+/m0/s1. The molecule has 11 nitrogen and oxygen atoms in total. The number of carbonyl (C=O) groups is 1. The van der Waals surface area contributed by atoms with Crippen molar-refractivity contribution in [2.75, 3.05) is 39.3 Å². The summed E-state index contributed by atoms with van der Waals surface area (Å²) in [6, 6.07) is 17.3. The Balaban J connectivity index is 1.52. The van der Waals surface area contributed by atoms with Crippen molar-refractivity contribution in [2.24, 2.45) is 0 Å². The Hall–Kier alpha value is -4.51. The van der Waals surface area contributed by atoms with Gasteiger partial charge < -0.3 is 33.7 Å². The van der Waals surface area contributed by atoms with E-state index in [1.54, 1.807) is 37.0 Å². The zero-order chi connectivity index (χ0) is 31.4. The monoisotopic (exact) mass is 603 g/mol. The fraction of sp³-hybridized carbons (Fsp3) is 0.424. The summed E-state index contributed by atoms with van der Waals surface area (Å²) in [5.74, 6) is 2.20. The van der Waals surface area contributed by atoms with E-state index in [-0.39, 0.29) is 17.8 Å². The Morgan fingerprint density at radius 2 is 1.52 bits per heavy atom. The normalized spacial score (nSPS) is 17.0. The number of pyridine rings is 1. The van der Waals surface area contributed by atoms with Crippen LogP contribution in [0.5, 0.6) is 11.5 Å². The SMILES string of the molecule is COc1ccc(CN(Cc2ccc(OC)cc2)c2nccc3c2[nH]c(=O)n3[C@H]2C[C@@H](OC)CN(C(=O)OC(C)(C)C)C2)cc1. The Kier molecular flexibility index (Phi) is 9.14. The fourth-order valence-electron chi connectivity index (χ4n) is 5.61. The number of nitrogens with one attached hydrogen (secondary N) is 1. The molecular formula is C33H41N5O6. The predicted molar refractivity (Wildman–Crippen MR) is 168 cm³/mol. The van der Waals surface area contributed by atoms with Crippen molar-refractivity contribution in [1.29, 1.82) is 0 Å². The minimum atomic E-state index is -0.637. The lowest BCUT2D eigenvalue weighted by atomic mass is 10.0. The molecule has 1 saturated heterocycles. The van der Waals surface area contributed by atoms with Gasteiger partial charge in [0.25, 0.3) is 0 Å². The number of ether oxygens (including phenoxy) is 4. The number of aromatic nitrogens is 3. The second-order valence-electron chi connectivity index (χ2n) is 12.0. The average Bonchev–Trinajstić information content (AvgIpc) is 3.36. The molecule has 0 bridgehead atoms. The first kappa shape index (κ1) is 30.9. The summed E-state index contributed by atoms with van der Waals surface area (Å²) in [6.45, 7) is 7.30. The van der Waals surface area contributed by atoms with Crippen LogP contribution in [0.4, 0.5) is 10.6 Å². The zero-order valence-corrected chi connectivity index (χ0v) is 26.2. The van der Waals surface area contributed by atoms with Gasteiger partial charge in [0.05, 0.1) is 38.4 Å². The third kappa shape index (κ3) is 6.99. The van der Waals surface area contributed by atoms with Gasteiger partial charge in [0.15, 0.2) is 5.82 Å². The number of carbonyl (C=O) groups excluding carboxylic acids is 1. The molecule has 44 heavy (non-hydrogen) atoms. The van der Waals surface area contributed by atoms with E-state index in [4.69, 9.17) is 23.9 Å². The average molecular weight is 604 g/mol.